The summed E-state index contributed by atoms with van der Waals surface area (Å²) in [5, 5.41) is 3.25. The first-order chi connectivity index (χ1) is 18.6. The second-order valence-corrected chi connectivity index (χ2v) is 10.4. The number of carbonyl (C=O) groups is 2. The molecule has 38 heavy (non-hydrogen) atoms. The van der Waals surface area contributed by atoms with Gasteiger partial charge in [-0.1, -0.05) is 30.7 Å². The summed E-state index contributed by atoms with van der Waals surface area (Å²) < 4.78 is 0. The summed E-state index contributed by atoms with van der Waals surface area (Å²) in [6.45, 7) is 3.63. The third kappa shape index (κ3) is 6.05. The largest absolute Gasteiger partial charge is 0.370 e. The Morgan fingerprint density at radius 1 is 1.00 bits per heavy atom. The average molecular weight is 512 g/mol. The highest BCUT2D eigenvalue weighted by molar-refractivity contribution is 5.97. The highest BCUT2D eigenvalue weighted by Gasteiger charge is 2.27. The van der Waals surface area contributed by atoms with Crippen molar-refractivity contribution in [3.05, 3.63) is 78.1 Å². The van der Waals surface area contributed by atoms with Gasteiger partial charge >= 0.3 is 0 Å². The summed E-state index contributed by atoms with van der Waals surface area (Å²) in [6, 6.07) is 18.3. The average Bonchev–Trinajstić information content (AvgIpc) is 3.45. The molecule has 2 aromatic carbocycles. The van der Waals surface area contributed by atoms with Crippen LogP contribution >= 0.6 is 0 Å². The monoisotopic (exact) mass is 511 g/mol. The van der Waals surface area contributed by atoms with Crippen molar-refractivity contribution in [3.8, 4) is 11.1 Å². The van der Waals surface area contributed by atoms with Gasteiger partial charge in [0.2, 0.25) is 5.91 Å². The third-order valence-corrected chi connectivity index (χ3v) is 7.64. The lowest BCUT2D eigenvalue weighted by Crippen LogP contribution is -2.32. The molecule has 5 rings (SSSR count). The lowest BCUT2D eigenvalue weighted by atomic mass is 9.85. The van der Waals surface area contributed by atoms with Gasteiger partial charge in [0, 0.05) is 44.5 Å². The number of amides is 2. The molecule has 198 valence electrons. The van der Waals surface area contributed by atoms with Crippen LogP contribution in [0, 0.1) is 5.92 Å². The number of carbonyl (C=O) groups excluding carboxylic acids is 2. The van der Waals surface area contributed by atoms with Crippen LogP contribution < -0.4 is 16.0 Å². The molecule has 0 radical (unpaired) electrons. The maximum Gasteiger partial charge on any atom is 0.255 e. The van der Waals surface area contributed by atoms with E-state index in [-0.39, 0.29) is 17.7 Å². The first kappa shape index (κ1) is 25.9. The molecule has 2 amide bonds. The molecule has 2 aliphatic rings. The summed E-state index contributed by atoms with van der Waals surface area (Å²) in [7, 11) is 0. The SMILES string of the molecule is NCCCN(Cc1cccc(-c2ccc(N3CCCC3)c(NC(=O)C3CCC3)c2)c1)C(=O)c1cccnc1. The minimum absolute atomic E-state index is 0.0482. The Kier molecular flexibility index (Phi) is 8.34. The molecule has 2 fully saturated rings. The third-order valence-electron chi connectivity index (χ3n) is 7.64. The highest BCUT2D eigenvalue weighted by Crippen LogP contribution is 2.35. The van der Waals surface area contributed by atoms with Crippen molar-refractivity contribution in [1.82, 2.24) is 9.88 Å². The molecule has 0 atom stereocenters. The number of rotatable bonds is 10. The molecule has 1 aliphatic heterocycles. The normalized spacial score (nSPS) is 15.2. The molecule has 3 N–H and O–H groups in total. The van der Waals surface area contributed by atoms with Crippen molar-refractivity contribution in [2.45, 2.75) is 45.1 Å². The van der Waals surface area contributed by atoms with Crippen LogP contribution in [-0.2, 0) is 11.3 Å². The molecular formula is C31H37N5O2. The van der Waals surface area contributed by atoms with E-state index in [2.05, 4.69) is 45.5 Å². The fourth-order valence-electron chi connectivity index (χ4n) is 5.23. The smallest absolute Gasteiger partial charge is 0.255 e. The van der Waals surface area contributed by atoms with Gasteiger partial charge in [-0.15, -0.1) is 0 Å². The first-order valence-electron chi connectivity index (χ1n) is 13.8. The van der Waals surface area contributed by atoms with Crippen LogP contribution in [0.15, 0.2) is 67.0 Å². The lowest BCUT2D eigenvalue weighted by Gasteiger charge is -2.27. The summed E-state index contributed by atoms with van der Waals surface area (Å²) in [5.74, 6) is 0.213. The van der Waals surface area contributed by atoms with Crippen LogP contribution in [0.4, 0.5) is 11.4 Å². The summed E-state index contributed by atoms with van der Waals surface area (Å²) in [5.41, 5.74) is 11.5. The van der Waals surface area contributed by atoms with E-state index in [1.807, 2.05) is 17.0 Å². The van der Waals surface area contributed by atoms with E-state index in [0.717, 1.165) is 66.8 Å². The molecule has 1 aliphatic carbocycles. The van der Waals surface area contributed by atoms with E-state index in [1.165, 1.54) is 12.8 Å². The highest BCUT2D eigenvalue weighted by atomic mass is 16.2. The van der Waals surface area contributed by atoms with E-state index in [9.17, 15) is 9.59 Å². The van der Waals surface area contributed by atoms with Crippen molar-refractivity contribution in [2.24, 2.45) is 11.7 Å². The van der Waals surface area contributed by atoms with Gasteiger partial charge in [-0.3, -0.25) is 14.6 Å². The van der Waals surface area contributed by atoms with Gasteiger partial charge in [0.1, 0.15) is 0 Å². The molecule has 7 heteroatoms. The molecule has 1 aromatic heterocycles. The molecule has 1 saturated heterocycles. The van der Waals surface area contributed by atoms with Crippen molar-refractivity contribution in [2.75, 3.05) is 36.4 Å². The Morgan fingerprint density at radius 2 is 1.82 bits per heavy atom. The Labute approximate surface area is 225 Å². The number of nitrogens with one attached hydrogen (secondary N) is 1. The van der Waals surface area contributed by atoms with Crippen LogP contribution in [0.1, 0.15) is 54.4 Å². The van der Waals surface area contributed by atoms with Gasteiger partial charge in [0.15, 0.2) is 0 Å². The standard InChI is InChI=1S/C31H37N5O2/c32-14-6-18-36(31(38)27-11-5-15-33-21-27)22-23-7-3-10-25(19-23)26-12-13-29(35-16-1-2-17-35)28(20-26)34-30(37)24-8-4-9-24/h3,5,7,10-13,15,19-21,24H,1-2,4,6,8-9,14,16-18,22,32H2,(H,34,37). The Bertz CT molecular complexity index is 1250. The van der Waals surface area contributed by atoms with Crippen molar-refractivity contribution in [3.63, 3.8) is 0 Å². The predicted molar refractivity (Wildman–Crippen MR) is 152 cm³/mol. The molecule has 0 spiro atoms. The zero-order valence-corrected chi connectivity index (χ0v) is 21.9. The summed E-state index contributed by atoms with van der Waals surface area (Å²) >= 11 is 0. The van der Waals surface area contributed by atoms with Crippen LogP contribution in [0.5, 0.6) is 0 Å². The number of hydrogen-bond donors (Lipinski definition) is 2. The van der Waals surface area contributed by atoms with Gasteiger partial charge in [0.25, 0.3) is 5.91 Å². The Hall–Kier alpha value is -3.71. The van der Waals surface area contributed by atoms with E-state index < -0.39 is 0 Å². The fraction of sp³-hybridized carbons (Fsp3) is 0.387. The van der Waals surface area contributed by atoms with E-state index in [1.54, 1.807) is 24.5 Å². The molecule has 2 heterocycles. The minimum atomic E-state index is -0.0482. The number of anilines is 2. The van der Waals surface area contributed by atoms with Crippen molar-refractivity contribution in [1.29, 1.82) is 0 Å². The van der Waals surface area contributed by atoms with Crippen LogP contribution in [-0.4, -0.2) is 47.9 Å². The van der Waals surface area contributed by atoms with Gasteiger partial charge in [-0.2, -0.15) is 0 Å². The lowest BCUT2D eigenvalue weighted by molar-refractivity contribution is -0.122. The van der Waals surface area contributed by atoms with E-state index in [0.29, 0.717) is 25.2 Å². The van der Waals surface area contributed by atoms with Gasteiger partial charge in [-0.25, -0.2) is 0 Å². The van der Waals surface area contributed by atoms with Crippen molar-refractivity contribution >= 4 is 23.2 Å². The van der Waals surface area contributed by atoms with E-state index in [4.69, 9.17) is 5.73 Å². The zero-order chi connectivity index (χ0) is 26.3. The first-order valence-corrected chi connectivity index (χ1v) is 13.8. The molecule has 0 bridgehead atoms. The zero-order valence-electron chi connectivity index (χ0n) is 21.9. The number of nitrogens with two attached hydrogens (primary N) is 1. The molecule has 3 aromatic rings. The number of aromatic nitrogens is 1. The predicted octanol–water partition coefficient (Wildman–Crippen LogP) is 5.08. The van der Waals surface area contributed by atoms with Crippen LogP contribution in [0.2, 0.25) is 0 Å². The van der Waals surface area contributed by atoms with Gasteiger partial charge in [0.05, 0.1) is 16.9 Å². The second-order valence-electron chi connectivity index (χ2n) is 10.4. The summed E-state index contributed by atoms with van der Waals surface area (Å²) in [4.78, 5) is 34.4. The van der Waals surface area contributed by atoms with Crippen molar-refractivity contribution < 1.29 is 9.59 Å². The second kappa shape index (κ2) is 12.2. The quantitative estimate of drug-likeness (QED) is 0.396. The van der Waals surface area contributed by atoms with Gasteiger partial charge in [-0.05, 0) is 85.7 Å². The van der Waals surface area contributed by atoms with E-state index >= 15 is 0 Å². The maximum absolute atomic E-state index is 13.2. The molecular weight excluding hydrogens is 474 g/mol. The van der Waals surface area contributed by atoms with Crippen LogP contribution in [0.25, 0.3) is 11.1 Å². The number of hydrogen-bond acceptors (Lipinski definition) is 5. The molecule has 7 nitrogen and oxygen atoms in total. The Balaban J connectivity index is 1.39. The molecule has 1 saturated carbocycles. The van der Waals surface area contributed by atoms with Crippen LogP contribution in [0.3, 0.4) is 0 Å². The van der Waals surface area contributed by atoms with Gasteiger partial charge < -0.3 is 20.9 Å². The number of pyridine rings is 1. The minimum Gasteiger partial charge on any atom is -0.370 e. The number of nitrogens with zero attached hydrogens (tertiary/aromatic N) is 3. The molecule has 0 unspecified atom stereocenters. The Morgan fingerprint density at radius 3 is 2.53 bits per heavy atom. The summed E-state index contributed by atoms with van der Waals surface area (Å²) in [6.07, 6.45) is 9.45. The maximum atomic E-state index is 13.2. The topological polar surface area (TPSA) is 91.6 Å². The number of benzene rings is 2. The fourth-order valence-corrected chi connectivity index (χ4v) is 5.23.